The highest BCUT2D eigenvalue weighted by Gasteiger charge is 2.29. The van der Waals surface area contributed by atoms with Crippen molar-refractivity contribution in [3.63, 3.8) is 0 Å². The molecule has 1 aliphatic carbocycles. The van der Waals surface area contributed by atoms with Gasteiger partial charge in [-0.1, -0.05) is 12.1 Å². The van der Waals surface area contributed by atoms with E-state index in [1.807, 2.05) is 42.3 Å². The van der Waals surface area contributed by atoms with Gasteiger partial charge in [0.1, 0.15) is 11.6 Å². The number of carbonyl (C=O) groups is 1. The third-order valence-corrected chi connectivity index (χ3v) is 5.63. The molecule has 1 atom stereocenters. The summed E-state index contributed by atoms with van der Waals surface area (Å²) in [6.07, 6.45) is 4.43. The van der Waals surface area contributed by atoms with Gasteiger partial charge in [-0.2, -0.15) is 5.10 Å². The number of likely N-dealkylation sites (tertiary alicyclic amines) is 1. The topological polar surface area (TPSA) is 78.8 Å². The molecule has 27 heavy (non-hydrogen) atoms. The Morgan fingerprint density at radius 3 is 2.89 bits per heavy atom. The molecule has 1 saturated carbocycles. The van der Waals surface area contributed by atoms with E-state index < -0.39 is 0 Å². The predicted octanol–water partition coefficient (Wildman–Crippen LogP) is 3.59. The summed E-state index contributed by atoms with van der Waals surface area (Å²) in [6.45, 7) is 1.45. The van der Waals surface area contributed by atoms with Crippen molar-refractivity contribution in [1.29, 1.82) is 0 Å². The molecule has 0 unspecified atom stereocenters. The molecule has 7 heteroatoms. The van der Waals surface area contributed by atoms with Crippen LogP contribution < -0.4 is 5.32 Å². The van der Waals surface area contributed by atoms with E-state index in [4.69, 9.17) is 4.98 Å². The number of amides is 2. The minimum atomic E-state index is -0.0545. The van der Waals surface area contributed by atoms with E-state index in [9.17, 15) is 4.79 Å². The van der Waals surface area contributed by atoms with E-state index in [0.717, 1.165) is 47.8 Å². The number of urea groups is 1. The maximum Gasteiger partial charge on any atom is 0.323 e. The summed E-state index contributed by atoms with van der Waals surface area (Å²) in [6, 6.07) is 10.0. The zero-order chi connectivity index (χ0) is 18.4. The number of aromatic amines is 1. The number of aromatic nitrogens is 4. The first-order valence-electron chi connectivity index (χ1n) is 9.72. The molecule has 0 bridgehead atoms. The van der Waals surface area contributed by atoms with Crippen LogP contribution in [0.5, 0.6) is 0 Å². The van der Waals surface area contributed by atoms with E-state index in [1.54, 1.807) is 4.68 Å². The van der Waals surface area contributed by atoms with E-state index in [2.05, 4.69) is 15.4 Å². The molecule has 1 saturated heterocycles. The minimum Gasteiger partial charge on any atom is -0.342 e. The molecule has 5 rings (SSSR count). The Morgan fingerprint density at radius 1 is 1.22 bits per heavy atom. The van der Waals surface area contributed by atoms with E-state index >= 15 is 0 Å². The minimum absolute atomic E-state index is 0.0545. The molecule has 2 fully saturated rings. The second kappa shape index (κ2) is 6.40. The number of aryl methyl sites for hydroxylation is 1. The first-order valence-corrected chi connectivity index (χ1v) is 9.72. The molecule has 0 radical (unpaired) electrons. The number of para-hydroxylation sites is 2. The average molecular weight is 364 g/mol. The Bertz CT molecular complexity index is 952. The van der Waals surface area contributed by atoms with Crippen LogP contribution in [0.3, 0.4) is 0 Å². The highest BCUT2D eigenvalue weighted by Crippen LogP contribution is 2.40. The fourth-order valence-corrected chi connectivity index (χ4v) is 3.92. The average Bonchev–Trinajstić information content (AvgIpc) is 3.34. The summed E-state index contributed by atoms with van der Waals surface area (Å²) in [5.41, 5.74) is 3.12. The van der Waals surface area contributed by atoms with Crippen LogP contribution >= 0.6 is 0 Å². The number of imidazole rings is 1. The summed E-state index contributed by atoms with van der Waals surface area (Å²) in [4.78, 5) is 22.9. The number of nitrogens with zero attached hydrogens (tertiary/aromatic N) is 4. The third-order valence-electron chi connectivity index (χ3n) is 5.63. The molecule has 1 aromatic carbocycles. The fraction of sp³-hybridized carbons (Fsp3) is 0.450. The van der Waals surface area contributed by atoms with Crippen molar-refractivity contribution in [1.82, 2.24) is 24.6 Å². The van der Waals surface area contributed by atoms with Gasteiger partial charge >= 0.3 is 6.03 Å². The molecule has 2 amide bonds. The third kappa shape index (κ3) is 3.18. The highest BCUT2D eigenvalue weighted by molar-refractivity contribution is 5.88. The van der Waals surface area contributed by atoms with Crippen LogP contribution in [-0.2, 0) is 7.05 Å². The normalized spacial score (nSPS) is 20.2. The van der Waals surface area contributed by atoms with Crippen molar-refractivity contribution in [3.05, 3.63) is 41.9 Å². The van der Waals surface area contributed by atoms with Crippen LogP contribution in [0.4, 0.5) is 10.6 Å². The van der Waals surface area contributed by atoms with Gasteiger partial charge in [-0.25, -0.2) is 9.78 Å². The van der Waals surface area contributed by atoms with Crippen molar-refractivity contribution in [3.8, 4) is 0 Å². The van der Waals surface area contributed by atoms with Crippen molar-refractivity contribution in [2.45, 2.75) is 37.5 Å². The van der Waals surface area contributed by atoms with Crippen molar-refractivity contribution < 1.29 is 4.79 Å². The van der Waals surface area contributed by atoms with E-state index in [0.29, 0.717) is 12.5 Å². The van der Waals surface area contributed by atoms with Crippen molar-refractivity contribution in [2.24, 2.45) is 7.05 Å². The molecule has 1 aliphatic heterocycles. The number of nitrogens with one attached hydrogen (secondary N) is 2. The van der Waals surface area contributed by atoms with Crippen LogP contribution in [0.1, 0.15) is 49.0 Å². The SMILES string of the molecule is Cn1nc(C2CC2)cc1NC(=O)N1CCC[C@@H](c2nc3ccccc3[nH]2)C1. The van der Waals surface area contributed by atoms with Gasteiger partial charge in [0.2, 0.25) is 0 Å². The number of anilines is 1. The maximum atomic E-state index is 12.8. The standard InChI is InChI=1S/C20H24N6O/c1-25-18(11-17(24-25)13-8-9-13)23-20(27)26-10-4-5-14(12-26)19-21-15-6-2-3-7-16(15)22-19/h2-3,6-7,11,13-14H,4-5,8-10,12H2,1H3,(H,21,22)(H,23,27)/t14-/m1/s1. The Morgan fingerprint density at radius 2 is 2.07 bits per heavy atom. The zero-order valence-electron chi connectivity index (χ0n) is 15.5. The number of carbonyl (C=O) groups excluding carboxylic acids is 1. The molecule has 7 nitrogen and oxygen atoms in total. The Kier molecular flexibility index (Phi) is 3.88. The summed E-state index contributed by atoms with van der Waals surface area (Å²) in [5.74, 6) is 2.57. The Balaban J connectivity index is 1.29. The highest BCUT2D eigenvalue weighted by atomic mass is 16.2. The number of benzene rings is 1. The van der Waals surface area contributed by atoms with Crippen molar-refractivity contribution in [2.75, 3.05) is 18.4 Å². The lowest BCUT2D eigenvalue weighted by Gasteiger charge is -2.31. The molecule has 0 spiro atoms. The number of fused-ring (bicyclic) bond motifs is 1. The quantitative estimate of drug-likeness (QED) is 0.745. The number of rotatable bonds is 3. The van der Waals surface area contributed by atoms with Gasteiger partial charge in [0.15, 0.2) is 0 Å². The van der Waals surface area contributed by atoms with Gasteiger partial charge in [-0.3, -0.25) is 10.00 Å². The molecule has 2 aliphatic rings. The van der Waals surface area contributed by atoms with E-state index in [-0.39, 0.29) is 11.9 Å². The zero-order valence-corrected chi connectivity index (χ0v) is 15.5. The maximum absolute atomic E-state index is 12.8. The number of H-pyrrole nitrogens is 1. The molecular formula is C20H24N6O. The summed E-state index contributed by atoms with van der Waals surface area (Å²) in [5, 5.41) is 7.56. The fourth-order valence-electron chi connectivity index (χ4n) is 3.92. The largest absolute Gasteiger partial charge is 0.342 e. The van der Waals surface area contributed by atoms with Gasteiger partial charge in [-0.05, 0) is 37.8 Å². The molecule has 3 aromatic rings. The summed E-state index contributed by atoms with van der Waals surface area (Å²) in [7, 11) is 1.88. The predicted molar refractivity (Wildman–Crippen MR) is 104 cm³/mol. The number of hydrogen-bond acceptors (Lipinski definition) is 3. The van der Waals surface area contributed by atoms with Crippen LogP contribution in [0.25, 0.3) is 11.0 Å². The molecular weight excluding hydrogens is 340 g/mol. The van der Waals surface area contributed by atoms with Crippen LogP contribution in [0, 0.1) is 0 Å². The van der Waals surface area contributed by atoms with Crippen LogP contribution in [0.15, 0.2) is 30.3 Å². The lowest BCUT2D eigenvalue weighted by atomic mass is 9.97. The van der Waals surface area contributed by atoms with E-state index in [1.165, 1.54) is 12.8 Å². The van der Waals surface area contributed by atoms with Gasteiger partial charge in [0.25, 0.3) is 0 Å². The lowest BCUT2D eigenvalue weighted by molar-refractivity contribution is 0.191. The van der Waals surface area contributed by atoms with Gasteiger partial charge < -0.3 is 9.88 Å². The number of hydrogen-bond donors (Lipinski definition) is 2. The molecule has 140 valence electrons. The molecule has 3 heterocycles. The lowest BCUT2D eigenvalue weighted by Crippen LogP contribution is -2.42. The smallest absolute Gasteiger partial charge is 0.323 e. The summed E-state index contributed by atoms with van der Waals surface area (Å²) >= 11 is 0. The van der Waals surface area contributed by atoms with Crippen LogP contribution in [0.2, 0.25) is 0 Å². The van der Waals surface area contributed by atoms with Crippen LogP contribution in [-0.4, -0.2) is 43.8 Å². The first-order chi connectivity index (χ1) is 13.2. The summed E-state index contributed by atoms with van der Waals surface area (Å²) < 4.78 is 1.77. The first kappa shape index (κ1) is 16.4. The Hall–Kier alpha value is -2.83. The van der Waals surface area contributed by atoms with Gasteiger partial charge in [-0.15, -0.1) is 0 Å². The monoisotopic (exact) mass is 364 g/mol. The number of piperidine rings is 1. The van der Waals surface area contributed by atoms with Crippen molar-refractivity contribution >= 4 is 22.9 Å². The molecule has 2 aromatic heterocycles. The Labute approximate surface area is 157 Å². The second-order valence-electron chi connectivity index (χ2n) is 7.71. The molecule has 2 N–H and O–H groups in total. The second-order valence-corrected chi connectivity index (χ2v) is 7.71. The van der Waals surface area contributed by atoms with Gasteiger partial charge in [0, 0.05) is 38.0 Å². The van der Waals surface area contributed by atoms with Gasteiger partial charge in [0.05, 0.1) is 16.7 Å².